The molecular formula is C18H28N2O2. The smallest absolute Gasteiger partial charge is 0.257 e. The highest BCUT2D eigenvalue weighted by atomic mass is 16.3. The lowest BCUT2D eigenvalue weighted by Gasteiger charge is -2.28. The molecule has 2 heterocycles. The van der Waals surface area contributed by atoms with Crippen molar-refractivity contribution in [1.29, 1.82) is 0 Å². The van der Waals surface area contributed by atoms with Crippen molar-refractivity contribution < 1.29 is 9.21 Å². The lowest BCUT2D eigenvalue weighted by molar-refractivity contribution is 0.0770. The van der Waals surface area contributed by atoms with E-state index in [2.05, 4.69) is 4.90 Å². The first-order chi connectivity index (χ1) is 10.7. The fourth-order valence-corrected chi connectivity index (χ4v) is 3.75. The van der Waals surface area contributed by atoms with Crippen LogP contribution in [0.15, 0.2) is 4.42 Å². The van der Waals surface area contributed by atoms with Crippen LogP contribution >= 0.6 is 0 Å². The van der Waals surface area contributed by atoms with Gasteiger partial charge in [-0.1, -0.05) is 6.42 Å². The summed E-state index contributed by atoms with van der Waals surface area (Å²) in [6.07, 6.45) is 8.28. The lowest BCUT2D eigenvalue weighted by atomic mass is 9.94. The largest absolute Gasteiger partial charge is 0.465 e. The van der Waals surface area contributed by atoms with Gasteiger partial charge in [0.25, 0.3) is 5.91 Å². The molecule has 1 aliphatic carbocycles. The molecule has 1 fully saturated rings. The van der Waals surface area contributed by atoms with E-state index in [1.165, 1.54) is 50.8 Å². The first-order valence-electron chi connectivity index (χ1n) is 8.76. The number of nitrogens with zero attached hydrogens (tertiary/aromatic N) is 2. The molecule has 22 heavy (non-hydrogen) atoms. The van der Waals surface area contributed by atoms with E-state index < -0.39 is 0 Å². The van der Waals surface area contributed by atoms with E-state index in [0.717, 1.165) is 43.0 Å². The van der Waals surface area contributed by atoms with Gasteiger partial charge in [-0.2, -0.15) is 0 Å². The van der Waals surface area contributed by atoms with E-state index in [-0.39, 0.29) is 5.91 Å². The van der Waals surface area contributed by atoms with Crippen LogP contribution in [0, 0.1) is 6.92 Å². The molecule has 0 saturated carbocycles. The Labute approximate surface area is 133 Å². The topological polar surface area (TPSA) is 36.7 Å². The number of fused-ring (bicyclic) bond motifs is 1. The maximum absolute atomic E-state index is 12.8. The van der Waals surface area contributed by atoms with Gasteiger partial charge in [-0.3, -0.25) is 4.79 Å². The number of rotatable bonds is 4. The quantitative estimate of drug-likeness (QED) is 0.858. The van der Waals surface area contributed by atoms with Crippen molar-refractivity contribution >= 4 is 5.91 Å². The van der Waals surface area contributed by atoms with Crippen LogP contribution in [0.5, 0.6) is 0 Å². The molecule has 0 atom stereocenters. The maximum atomic E-state index is 12.8. The van der Waals surface area contributed by atoms with E-state index in [1.807, 2.05) is 18.9 Å². The molecule has 0 aromatic carbocycles. The molecule has 122 valence electrons. The van der Waals surface area contributed by atoms with Crippen LogP contribution in [0.3, 0.4) is 0 Å². The summed E-state index contributed by atoms with van der Waals surface area (Å²) in [5, 5.41) is 0. The Balaban J connectivity index is 1.64. The molecule has 0 unspecified atom stereocenters. The zero-order valence-electron chi connectivity index (χ0n) is 14.0. The van der Waals surface area contributed by atoms with Gasteiger partial charge in [0.05, 0.1) is 5.56 Å². The lowest BCUT2D eigenvalue weighted by Crippen LogP contribution is -2.39. The Morgan fingerprint density at radius 1 is 1.14 bits per heavy atom. The summed E-state index contributed by atoms with van der Waals surface area (Å²) in [7, 11) is 1.92. The van der Waals surface area contributed by atoms with E-state index in [1.54, 1.807) is 0 Å². The van der Waals surface area contributed by atoms with Crippen LogP contribution in [0.1, 0.15) is 59.5 Å². The van der Waals surface area contributed by atoms with E-state index in [9.17, 15) is 4.79 Å². The van der Waals surface area contributed by atoms with Gasteiger partial charge in [-0.15, -0.1) is 0 Å². The van der Waals surface area contributed by atoms with E-state index >= 15 is 0 Å². The van der Waals surface area contributed by atoms with Crippen LogP contribution in [0.25, 0.3) is 0 Å². The van der Waals surface area contributed by atoms with E-state index in [4.69, 9.17) is 4.42 Å². The monoisotopic (exact) mass is 304 g/mol. The number of likely N-dealkylation sites (N-methyl/N-ethyl adjacent to an activating group) is 1. The number of aryl methyl sites for hydroxylation is 2. The summed E-state index contributed by atoms with van der Waals surface area (Å²) in [5.41, 5.74) is 2.02. The molecule has 1 aliphatic heterocycles. The van der Waals surface area contributed by atoms with Gasteiger partial charge in [0.15, 0.2) is 0 Å². The van der Waals surface area contributed by atoms with Gasteiger partial charge < -0.3 is 14.2 Å². The van der Waals surface area contributed by atoms with E-state index in [0.29, 0.717) is 0 Å². The molecule has 1 saturated heterocycles. The molecule has 0 bridgehead atoms. The molecular weight excluding hydrogens is 276 g/mol. The number of furan rings is 1. The Morgan fingerprint density at radius 2 is 1.86 bits per heavy atom. The first kappa shape index (κ1) is 15.6. The van der Waals surface area contributed by atoms with Gasteiger partial charge in [0.2, 0.25) is 0 Å². The summed E-state index contributed by atoms with van der Waals surface area (Å²) in [6.45, 7) is 6.09. The summed E-state index contributed by atoms with van der Waals surface area (Å²) >= 11 is 0. The van der Waals surface area contributed by atoms with Crippen LogP contribution in [-0.4, -0.2) is 48.9 Å². The highest BCUT2D eigenvalue weighted by Crippen LogP contribution is 2.30. The first-order valence-corrected chi connectivity index (χ1v) is 8.76. The second-order valence-corrected chi connectivity index (χ2v) is 6.77. The zero-order valence-corrected chi connectivity index (χ0v) is 14.0. The van der Waals surface area contributed by atoms with Crippen molar-refractivity contribution in [2.45, 2.75) is 51.9 Å². The SMILES string of the molecule is Cc1oc2c(c1C(=O)N(C)CCN1CCCCC1)CCCC2. The fraction of sp³-hybridized carbons (Fsp3) is 0.722. The summed E-state index contributed by atoms with van der Waals surface area (Å²) in [4.78, 5) is 17.2. The number of hydrogen-bond donors (Lipinski definition) is 0. The minimum atomic E-state index is 0.140. The molecule has 0 spiro atoms. The van der Waals surface area contributed by atoms with Crippen LogP contribution in [-0.2, 0) is 12.8 Å². The second kappa shape index (κ2) is 6.86. The summed E-state index contributed by atoms with van der Waals surface area (Å²) in [6, 6.07) is 0. The molecule has 4 heteroatoms. The number of hydrogen-bond acceptors (Lipinski definition) is 3. The van der Waals surface area contributed by atoms with Crippen molar-refractivity contribution in [3.63, 3.8) is 0 Å². The number of likely N-dealkylation sites (tertiary alicyclic amines) is 1. The average molecular weight is 304 g/mol. The normalized spacial score (nSPS) is 19.0. The summed E-state index contributed by atoms with van der Waals surface area (Å²) < 4.78 is 5.84. The predicted molar refractivity (Wildman–Crippen MR) is 87.3 cm³/mol. The highest BCUT2D eigenvalue weighted by Gasteiger charge is 2.27. The minimum Gasteiger partial charge on any atom is -0.465 e. The number of carbonyl (C=O) groups excluding carboxylic acids is 1. The third kappa shape index (κ3) is 3.22. The Morgan fingerprint density at radius 3 is 2.64 bits per heavy atom. The van der Waals surface area contributed by atoms with Crippen molar-refractivity contribution in [1.82, 2.24) is 9.80 Å². The summed E-state index contributed by atoms with van der Waals surface area (Å²) in [5.74, 6) is 2.00. The molecule has 4 nitrogen and oxygen atoms in total. The van der Waals surface area contributed by atoms with Gasteiger partial charge in [-0.25, -0.2) is 0 Å². The number of piperidine rings is 1. The van der Waals surface area contributed by atoms with Crippen LogP contribution in [0.2, 0.25) is 0 Å². The van der Waals surface area contributed by atoms with Crippen molar-refractivity contribution in [3.05, 3.63) is 22.6 Å². The molecule has 2 aliphatic rings. The van der Waals surface area contributed by atoms with Crippen molar-refractivity contribution in [2.24, 2.45) is 0 Å². The molecule has 0 radical (unpaired) electrons. The molecule has 1 aromatic heterocycles. The van der Waals surface area contributed by atoms with Crippen LogP contribution < -0.4 is 0 Å². The molecule has 3 rings (SSSR count). The second-order valence-electron chi connectivity index (χ2n) is 6.77. The van der Waals surface area contributed by atoms with Gasteiger partial charge >= 0.3 is 0 Å². The van der Waals surface area contributed by atoms with Gasteiger partial charge in [0.1, 0.15) is 11.5 Å². The zero-order chi connectivity index (χ0) is 15.5. The van der Waals surface area contributed by atoms with Gasteiger partial charge in [-0.05, 0) is 52.1 Å². The third-order valence-corrected chi connectivity index (χ3v) is 5.11. The van der Waals surface area contributed by atoms with Gasteiger partial charge in [0, 0.05) is 32.1 Å². The fourth-order valence-electron chi connectivity index (χ4n) is 3.75. The minimum absolute atomic E-state index is 0.140. The van der Waals surface area contributed by atoms with Crippen LogP contribution in [0.4, 0.5) is 0 Å². The van der Waals surface area contributed by atoms with Crippen molar-refractivity contribution in [2.75, 3.05) is 33.2 Å². The Bertz CT molecular complexity index is 529. The molecule has 0 N–H and O–H groups in total. The standard InChI is InChI=1S/C18H28N2O2/c1-14-17(15-8-4-5-9-16(15)22-14)18(21)19(2)12-13-20-10-6-3-7-11-20/h3-13H2,1-2H3. The number of amides is 1. The Hall–Kier alpha value is -1.29. The Kier molecular flexibility index (Phi) is 4.87. The molecule has 1 aromatic rings. The average Bonchev–Trinajstić information content (AvgIpc) is 2.88. The highest BCUT2D eigenvalue weighted by molar-refractivity contribution is 5.96. The van der Waals surface area contributed by atoms with Crippen molar-refractivity contribution in [3.8, 4) is 0 Å². The number of carbonyl (C=O) groups is 1. The maximum Gasteiger partial charge on any atom is 0.257 e. The predicted octanol–water partition coefficient (Wildman–Crippen LogP) is 3.02. The third-order valence-electron chi connectivity index (χ3n) is 5.11. The molecule has 1 amide bonds.